The molecule has 1 rings (SSSR count). The molecule has 4 heteroatoms. The summed E-state index contributed by atoms with van der Waals surface area (Å²) in [5.74, 6) is 0. The largest absolute Gasteiger partial charge is 0.392 e. The van der Waals surface area contributed by atoms with Gasteiger partial charge in [0.05, 0.1) is 6.10 Å². The van der Waals surface area contributed by atoms with Gasteiger partial charge in [0.1, 0.15) is 10.9 Å². The van der Waals surface area contributed by atoms with E-state index in [4.69, 9.17) is 10.4 Å². The minimum absolute atomic E-state index is 0.191. The molecular weight excluding hydrogens is 196 g/mol. The fourth-order valence-electron chi connectivity index (χ4n) is 1.09. The molecule has 0 saturated heterocycles. The maximum atomic E-state index is 9.09. The molecule has 0 aliphatic carbocycles. The van der Waals surface area contributed by atoms with Gasteiger partial charge in [-0.25, -0.2) is 0 Å². The van der Waals surface area contributed by atoms with Gasteiger partial charge in [0.25, 0.3) is 0 Å². The van der Waals surface area contributed by atoms with Crippen LogP contribution in [0.1, 0.15) is 29.6 Å². The van der Waals surface area contributed by atoms with E-state index in [9.17, 15) is 0 Å². The summed E-state index contributed by atoms with van der Waals surface area (Å²) >= 11 is 1.49. The van der Waals surface area contributed by atoms with Crippen LogP contribution < -0.4 is 5.32 Å². The Morgan fingerprint density at radius 3 is 2.79 bits per heavy atom. The molecule has 0 fully saturated rings. The van der Waals surface area contributed by atoms with Crippen molar-refractivity contribution in [3.8, 4) is 6.07 Å². The minimum atomic E-state index is -0.340. The average molecular weight is 210 g/mol. The monoisotopic (exact) mass is 210 g/mol. The van der Waals surface area contributed by atoms with Crippen LogP contribution in [-0.4, -0.2) is 17.8 Å². The van der Waals surface area contributed by atoms with Crippen molar-refractivity contribution < 1.29 is 5.11 Å². The highest BCUT2D eigenvalue weighted by Gasteiger charge is 2.08. The Morgan fingerprint density at radius 1 is 1.57 bits per heavy atom. The van der Waals surface area contributed by atoms with Crippen molar-refractivity contribution in [1.82, 2.24) is 5.32 Å². The highest BCUT2D eigenvalue weighted by atomic mass is 32.1. The van der Waals surface area contributed by atoms with Gasteiger partial charge in [0, 0.05) is 17.5 Å². The molecule has 0 amide bonds. The predicted octanol–water partition coefficient (Wildman–Crippen LogP) is 1.65. The number of nitrogens with zero attached hydrogens (tertiary/aromatic N) is 1. The summed E-state index contributed by atoms with van der Waals surface area (Å²) in [6, 6.07) is 6.07. The quantitative estimate of drug-likeness (QED) is 0.794. The summed E-state index contributed by atoms with van der Waals surface area (Å²) in [7, 11) is 0. The Hall–Kier alpha value is -0.890. The molecule has 0 aliphatic rings. The molecule has 0 aliphatic heterocycles. The maximum Gasteiger partial charge on any atom is 0.110 e. The summed E-state index contributed by atoms with van der Waals surface area (Å²) in [6.45, 7) is 4.34. The van der Waals surface area contributed by atoms with E-state index in [0.29, 0.717) is 6.54 Å². The van der Waals surface area contributed by atoms with Crippen molar-refractivity contribution in [1.29, 1.82) is 5.26 Å². The lowest BCUT2D eigenvalue weighted by Gasteiger charge is -2.12. The molecule has 1 aromatic heterocycles. The van der Waals surface area contributed by atoms with E-state index in [2.05, 4.69) is 11.4 Å². The molecule has 14 heavy (non-hydrogen) atoms. The van der Waals surface area contributed by atoms with Gasteiger partial charge in [0.2, 0.25) is 0 Å². The first-order valence-corrected chi connectivity index (χ1v) is 5.36. The van der Waals surface area contributed by atoms with Crippen molar-refractivity contribution in [3.63, 3.8) is 0 Å². The molecule has 0 spiro atoms. The van der Waals surface area contributed by atoms with E-state index >= 15 is 0 Å². The third kappa shape index (κ3) is 3.11. The molecule has 0 aromatic carbocycles. The Balaban J connectivity index is 2.52. The minimum Gasteiger partial charge on any atom is -0.392 e. The van der Waals surface area contributed by atoms with Crippen LogP contribution in [0.25, 0.3) is 0 Å². The number of rotatable bonds is 4. The Kier molecular flexibility index (Phi) is 4.08. The van der Waals surface area contributed by atoms with E-state index in [0.717, 1.165) is 9.75 Å². The number of hydrogen-bond acceptors (Lipinski definition) is 4. The zero-order chi connectivity index (χ0) is 10.6. The highest BCUT2D eigenvalue weighted by Crippen LogP contribution is 2.22. The molecule has 2 atom stereocenters. The normalized spacial score (nSPS) is 14.7. The second kappa shape index (κ2) is 5.11. The molecule has 2 N–H and O–H groups in total. The molecule has 0 saturated carbocycles. The maximum absolute atomic E-state index is 9.09. The van der Waals surface area contributed by atoms with Crippen molar-refractivity contribution in [2.24, 2.45) is 0 Å². The molecule has 0 bridgehead atoms. The Labute approximate surface area is 88.0 Å². The molecule has 1 aromatic rings. The number of thiophene rings is 1. The van der Waals surface area contributed by atoms with Crippen LogP contribution in [0, 0.1) is 11.3 Å². The fraction of sp³-hybridized carbons (Fsp3) is 0.500. The zero-order valence-electron chi connectivity index (χ0n) is 8.32. The van der Waals surface area contributed by atoms with Crippen LogP contribution in [0.2, 0.25) is 0 Å². The lowest BCUT2D eigenvalue weighted by molar-refractivity contribution is 0.187. The van der Waals surface area contributed by atoms with Crippen molar-refractivity contribution in [2.45, 2.75) is 26.0 Å². The third-order valence-corrected chi connectivity index (χ3v) is 3.06. The molecule has 1 unspecified atom stereocenters. The number of nitrogens with one attached hydrogen (secondary N) is 1. The average Bonchev–Trinajstić information content (AvgIpc) is 2.62. The number of nitriles is 1. The topological polar surface area (TPSA) is 56.0 Å². The lowest BCUT2D eigenvalue weighted by atomic mass is 10.2. The number of aliphatic hydroxyl groups is 1. The van der Waals surface area contributed by atoms with Crippen LogP contribution in [0.15, 0.2) is 12.1 Å². The number of hydrogen-bond donors (Lipinski definition) is 2. The van der Waals surface area contributed by atoms with Crippen LogP contribution in [0.4, 0.5) is 0 Å². The first-order chi connectivity index (χ1) is 6.63. The first kappa shape index (κ1) is 11.2. The summed E-state index contributed by atoms with van der Waals surface area (Å²) in [5, 5.41) is 20.9. The van der Waals surface area contributed by atoms with E-state index in [1.807, 2.05) is 19.1 Å². The van der Waals surface area contributed by atoms with Crippen molar-refractivity contribution in [2.75, 3.05) is 6.54 Å². The van der Waals surface area contributed by atoms with E-state index in [1.165, 1.54) is 11.3 Å². The van der Waals surface area contributed by atoms with E-state index in [1.54, 1.807) is 6.92 Å². The molecule has 0 radical (unpaired) electrons. The first-order valence-electron chi connectivity index (χ1n) is 4.54. The van der Waals surface area contributed by atoms with Crippen LogP contribution in [0.5, 0.6) is 0 Å². The van der Waals surface area contributed by atoms with Gasteiger partial charge in [-0.05, 0) is 26.0 Å². The third-order valence-electron chi connectivity index (χ3n) is 1.88. The SMILES string of the molecule is CC(NC[C@@H](C)O)c1ccc(C#N)s1. The van der Waals surface area contributed by atoms with Gasteiger partial charge >= 0.3 is 0 Å². The lowest BCUT2D eigenvalue weighted by Crippen LogP contribution is -2.26. The predicted molar refractivity (Wildman–Crippen MR) is 57.1 cm³/mol. The van der Waals surface area contributed by atoms with Gasteiger partial charge in [-0.1, -0.05) is 0 Å². The molecule has 76 valence electrons. The van der Waals surface area contributed by atoms with Gasteiger partial charge in [0.15, 0.2) is 0 Å². The van der Waals surface area contributed by atoms with Crippen LogP contribution in [-0.2, 0) is 0 Å². The second-order valence-electron chi connectivity index (χ2n) is 3.29. The van der Waals surface area contributed by atoms with Crippen LogP contribution >= 0.6 is 11.3 Å². The van der Waals surface area contributed by atoms with Crippen LogP contribution in [0.3, 0.4) is 0 Å². The van der Waals surface area contributed by atoms with Gasteiger partial charge in [-0.2, -0.15) is 5.26 Å². The van der Waals surface area contributed by atoms with Gasteiger partial charge in [-0.3, -0.25) is 0 Å². The number of aliphatic hydroxyl groups excluding tert-OH is 1. The summed E-state index contributed by atoms with van der Waals surface area (Å²) in [4.78, 5) is 1.85. The van der Waals surface area contributed by atoms with E-state index < -0.39 is 0 Å². The standard InChI is InChI=1S/C10H14N2OS/c1-7(13)6-12-8(2)10-4-3-9(5-11)14-10/h3-4,7-8,12-13H,6H2,1-2H3/t7-,8?/m1/s1. The second-order valence-corrected chi connectivity index (χ2v) is 4.41. The summed E-state index contributed by atoms with van der Waals surface area (Å²) in [6.07, 6.45) is -0.340. The Morgan fingerprint density at radius 2 is 2.29 bits per heavy atom. The van der Waals surface area contributed by atoms with Crippen molar-refractivity contribution in [3.05, 3.63) is 21.9 Å². The molecular formula is C10H14N2OS. The highest BCUT2D eigenvalue weighted by molar-refractivity contribution is 7.12. The van der Waals surface area contributed by atoms with Gasteiger partial charge < -0.3 is 10.4 Å². The van der Waals surface area contributed by atoms with Gasteiger partial charge in [-0.15, -0.1) is 11.3 Å². The molecule has 3 nitrogen and oxygen atoms in total. The molecule has 1 heterocycles. The van der Waals surface area contributed by atoms with Crippen molar-refractivity contribution >= 4 is 11.3 Å². The smallest absolute Gasteiger partial charge is 0.110 e. The summed E-state index contributed by atoms with van der Waals surface area (Å²) in [5.41, 5.74) is 0. The zero-order valence-corrected chi connectivity index (χ0v) is 9.14. The Bertz CT molecular complexity index is 327. The summed E-state index contributed by atoms with van der Waals surface area (Å²) < 4.78 is 0. The fourth-order valence-corrected chi connectivity index (χ4v) is 1.93. The van der Waals surface area contributed by atoms with E-state index in [-0.39, 0.29) is 12.1 Å².